The van der Waals surface area contributed by atoms with E-state index in [1.54, 1.807) is 13.0 Å². The Morgan fingerprint density at radius 2 is 2.00 bits per heavy atom. The summed E-state index contributed by atoms with van der Waals surface area (Å²) in [5.41, 5.74) is 0.830. The Hall–Kier alpha value is -0.580. The lowest BCUT2D eigenvalue weighted by Crippen LogP contribution is -2.02. The van der Waals surface area contributed by atoms with Crippen molar-refractivity contribution in [3.63, 3.8) is 0 Å². The highest BCUT2D eigenvalue weighted by atomic mass is 35.5. The summed E-state index contributed by atoms with van der Waals surface area (Å²) < 4.78 is 26.7. The monoisotopic (exact) mass is 220 g/mol. The van der Waals surface area contributed by atoms with E-state index in [9.17, 15) is 8.42 Å². The summed E-state index contributed by atoms with van der Waals surface area (Å²) in [7, 11) is -2.51. The van der Waals surface area contributed by atoms with Gasteiger partial charge in [0.1, 0.15) is 0 Å². The van der Waals surface area contributed by atoms with Crippen LogP contribution in [-0.2, 0) is 14.3 Å². The van der Waals surface area contributed by atoms with Crippen LogP contribution in [0.5, 0.6) is 0 Å². The van der Waals surface area contributed by atoms with Gasteiger partial charge in [-0.15, -0.1) is 0 Å². The highest BCUT2D eigenvalue weighted by Crippen LogP contribution is 2.20. The lowest BCUT2D eigenvalue weighted by molar-refractivity contribution is 0.398. The first-order valence-electron chi connectivity index (χ1n) is 3.54. The van der Waals surface area contributed by atoms with Gasteiger partial charge in [0.05, 0.1) is 12.0 Å². The van der Waals surface area contributed by atoms with Crippen LogP contribution >= 0.6 is 11.6 Å². The van der Waals surface area contributed by atoms with Crippen molar-refractivity contribution in [2.45, 2.75) is 11.8 Å². The number of halogens is 1. The predicted octanol–water partition coefficient (Wildman–Crippen LogP) is 1.98. The van der Waals surface area contributed by atoms with Gasteiger partial charge in [-0.2, -0.15) is 8.42 Å². The zero-order valence-corrected chi connectivity index (χ0v) is 8.82. The van der Waals surface area contributed by atoms with Crippen LogP contribution in [0.3, 0.4) is 0 Å². The van der Waals surface area contributed by atoms with E-state index in [0.717, 1.165) is 12.7 Å². The molecule has 72 valence electrons. The van der Waals surface area contributed by atoms with Crippen molar-refractivity contribution in [1.82, 2.24) is 0 Å². The quantitative estimate of drug-likeness (QED) is 0.716. The van der Waals surface area contributed by atoms with Crippen LogP contribution < -0.4 is 0 Å². The highest BCUT2D eigenvalue weighted by molar-refractivity contribution is 7.86. The fraction of sp³-hybridized carbons (Fsp3) is 0.250. The fourth-order valence-electron chi connectivity index (χ4n) is 0.825. The summed E-state index contributed by atoms with van der Waals surface area (Å²) in [6.45, 7) is 1.80. The van der Waals surface area contributed by atoms with Gasteiger partial charge in [-0.05, 0) is 24.6 Å². The summed E-state index contributed by atoms with van der Waals surface area (Å²) in [5.74, 6) is 0. The first-order chi connectivity index (χ1) is 5.97. The van der Waals surface area contributed by atoms with Gasteiger partial charge >= 0.3 is 0 Å². The molecule has 0 amide bonds. The molecule has 0 heterocycles. The van der Waals surface area contributed by atoms with Crippen molar-refractivity contribution < 1.29 is 12.6 Å². The molecule has 1 aromatic rings. The molecule has 0 bridgehead atoms. The first-order valence-corrected chi connectivity index (χ1v) is 5.33. The average molecular weight is 221 g/mol. The van der Waals surface area contributed by atoms with Crippen molar-refractivity contribution in [3.05, 3.63) is 28.8 Å². The number of hydrogen-bond acceptors (Lipinski definition) is 3. The molecule has 13 heavy (non-hydrogen) atoms. The third kappa shape index (κ3) is 2.21. The van der Waals surface area contributed by atoms with E-state index in [1.165, 1.54) is 12.1 Å². The van der Waals surface area contributed by atoms with Gasteiger partial charge in [0.25, 0.3) is 10.1 Å². The van der Waals surface area contributed by atoms with Gasteiger partial charge in [0.15, 0.2) is 0 Å². The molecule has 0 saturated heterocycles. The number of aryl methyl sites for hydroxylation is 1. The Balaban J connectivity index is 3.27. The van der Waals surface area contributed by atoms with E-state index in [1.807, 2.05) is 0 Å². The molecule has 0 spiro atoms. The van der Waals surface area contributed by atoms with Crippen LogP contribution in [0.25, 0.3) is 0 Å². The minimum absolute atomic E-state index is 0.0746. The topological polar surface area (TPSA) is 43.4 Å². The van der Waals surface area contributed by atoms with Gasteiger partial charge in [-0.3, -0.25) is 4.18 Å². The Morgan fingerprint density at radius 1 is 1.38 bits per heavy atom. The van der Waals surface area contributed by atoms with E-state index in [-0.39, 0.29) is 4.90 Å². The molecule has 0 aliphatic rings. The van der Waals surface area contributed by atoms with Crippen molar-refractivity contribution in [2.24, 2.45) is 0 Å². The normalized spacial score (nSPS) is 11.6. The zero-order chi connectivity index (χ0) is 10.1. The molecule has 1 aromatic carbocycles. The summed E-state index contributed by atoms with van der Waals surface area (Å²) in [5, 5.41) is 0.415. The number of hydrogen-bond donors (Lipinski definition) is 0. The minimum Gasteiger partial charge on any atom is -0.270 e. The van der Waals surface area contributed by atoms with E-state index in [4.69, 9.17) is 11.6 Å². The van der Waals surface area contributed by atoms with Crippen molar-refractivity contribution in [1.29, 1.82) is 0 Å². The molecule has 0 aliphatic carbocycles. The van der Waals surface area contributed by atoms with Gasteiger partial charge in [0, 0.05) is 5.02 Å². The minimum atomic E-state index is -3.62. The second-order valence-corrected chi connectivity index (χ2v) is 4.65. The predicted molar refractivity (Wildman–Crippen MR) is 50.4 cm³/mol. The van der Waals surface area contributed by atoms with Crippen molar-refractivity contribution in [2.75, 3.05) is 7.11 Å². The van der Waals surface area contributed by atoms with Crippen LogP contribution in [0.2, 0.25) is 5.02 Å². The van der Waals surface area contributed by atoms with Crippen LogP contribution in [0.4, 0.5) is 0 Å². The van der Waals surface area contributed by atoms with Crippen LogP contribution in [0.15, 0.2) is 23.1 Å². The SMILES string of the molecule is COS(=O)(=O)c1ccc(C)c(Cl)c1. The average Bonchev–Trinajstić information content (AvgIpc) is 2.09. The molecule has 0 aliphatic heterocycles. The molecule has 0 N–H and O–H groups in total. The Kier molecular flexibility index (Phi) is 2.95. The van der Waals surface area contributed by atoms with Gasteiger partial charge in [0.2, 0.25) is 0 Å². The molecule has 0 atom stereocenters. The Bertz CT molecular complexity index is 411. The van der Waals surface area contributed by atoms with Gasteiger partial charge in [-0.1, -0.05) is 17.7 Å². The summed E-state index contributed by atoms with van der Waals surface area (Å²) in [6.07, 6.45) is 0. The lowest BCUT2D eigenvalue weighted by Gasteiger charge is -2.02. The van der Waals surface area contributed by atoms with Crippen LogP contribution in [-0.4, -0.2) is 15.5 Å². The molecular weight excluding hydrogens is 212 g/mol. The molecule has 1 rings (SSSR count). The third-order valence-electron chi connectivity index (χ3n) is 1.65. The second kappa shape index (κ2) is 3.65. The lowest BCUT2D eigenvalue weighted by atomic mass is 10.2. The molecule has 3 nitrogen and oxygen atoms in total. The van der Waals surface area contributed by atoms with E-state index >= 15 is 0 Å². The number of benzene rings is 1. The third-order valence-corrected chi connectivity index (χ3v) is 3.33. The molecule has 0 radical (unpaired) electrons. The molecule has 0 unspecified atom stereocenters. The molecule has 0 fully saturated rings. The fourth-order valence-corrected chi connectivity index (χ4v) is 1.76. The van der Waals surface area contributed by atoms with Crippen LogP contribution in [0.1, 0.15) is 5.56 Å². The number of rotatable bonds is 2. The Labute approximate surface area is 82.4 Å². The smallest absolute Gasteiger partial charge is 0.270 e. The standard InChI is InChI=1S/C8H9ClO3S/c1-6-3-4-7(5-8(6)9)13(10,11)12-2/h3-5H,1-2H3. The van der Waals surface area contributed by atoms with Crippen molar-refractivity contribution >= 4 is 21.7 Å². The maximum atomic E-state index is 11.2. The first kappa shape index (κ1) is 10.5. The van der Waals surface area contributed by atoms with E-state index < -0.39 is 10.1 Å². The maximum absolute atomic E-state index is 11.2. The molecule has 0 saturated carbocycles. The summed E-state index contributed by atoms with van der Waals surface area (Å²) >= 11 is 5.76. The summed E-state index contributed by atoms with van der Waals surface area (Å²) in [6, 6.07) is 4.46. The van der Waals surface area contributed by atoms with E-state index in [0.29, 0.717) is 5.02 Å². The largest absolute Gasteiger partial charge is 0.296 e. The van der Waals surface area contributed by atoms with Gasteiger partial charge < -0.3 is 0 Å². The van der Waals surface area contributed by atoms with Gasteiger partial charge in [-0.25, -0.2) is 0 Å². The van der Waals surface area contributed by atoms with Crippen molar-refractivity contribution in [3.8, 4) is 0 Å². The van der Waals surface area contributed by atoms with E-state index in [2.05, 4.69) is 4.18 Å². The maximum Gasteiger partial charge on any atom is 0.296 e. The molecule has 5 heteroatoms. The summed E-state index contributed by atoms with van der Waals surface area (Å²) in [4.78, 5) is 0.0746. The molecular formula is C8H9ClO3S. The zero-order valence-electron chi connectivity index (χ0n) is 7.24. The second-order valence-electron chi connectivity index (χ2n) is 2.53. The highest BCUT2D eigenvalue weighted by Gasteiger charge is 2.13. The molecule has 0 aromatic heterocycles. The Morgan fingerprint density at radius 3 is 2.46 bits per heavy atom. The van der Waals surface area contributed by atoms with Crippen LogP contribution in [0, 0.1) is 6.92 Å².